The molecule has 7 nitrogen and oxygen atoms in total. The summed E-state index contributed by atoms with van der Waals surface area (Å²) in [6.45, 7) is 1.30. The van der Waals surface area contributed by atoms with Crippen molar-refractivity contribution in [2.75, 3.05) is 30.8 Å². The average Bonchev–Trinajstić information content (AvgIpc) is 2.59. The summed E-state index contributed by atoms with van der Waals surface area (Å²) in [5.74, 6) is 0.350. The molecule has 1 aromatic heterocycles. The Labute approximate surface area is 154 Å². The van der Waals surface area contributed by atoms with Gasteiger partial charge in [0.05, 0.1) is 17.2 Å². The van der Waals surface area contributed by atoms with Crippen LogP contribution in [0.2, 0.25) is 0 Å². The summed E-state index contributed by atoms with van der Waals surface area (Å²) in [5.41, 5.74) is -0.610. The molecular formula is C16H20F3N4O3S+. The van der Waals surface area contributed by atoms with Crippen LogP contribution in [0.5, 0.6) is 0 Å². The van der Waals surface area contributed by atoms with E-state index in [4.69, 9.17) is 0 Å². The highest BCUT2D eigenvalue weighted by Gasteiger charge is 2.33. The molecular weight excluding hydrogens is 385 g/mol. The Morgan fingerprint density at radius 2 is 2.15 bits per heavy atom. The molecule has 2 aromatic rings. The van der Waals surface area contributed by atoms with E-state index in [0.717, 1.165) is 37.6 Å². The molecule has 3 rings (SSSR count). The van der Waals surface area contributed by atoms with Crippen molar-refractivity contribution in [3.8, 4) is 0 Å². The predicted molar refractivity (Wildman–Crippen MR) is 91.9 cm³/mol. The lowest BCUT2D eigenvalue weighted by Gasteiger charge is -2.32. The zero-order valence-corrected chi connectivity index (χ0v) is 15.4. The van der Waals surface area contributed by atoms with Gasteiger partial charge in [0.25, 0.3) is 5.82 Å². The molecule has 1 aromatic carbocycles. The maximum absolute atomic E-state index is 13.1. The fourth-order valence-electron chi connectivity index (χ4n) is 3.28. The lowest BCUT2D eigenvalue weighted by molar-refractivity contribution is -0.886. The van der Waals surface area contributed by atoms with Gasteiger partial charge in [-0.25, -0.2) is 13.1 Å². The highest BCUT2D eigenvalue weighted by atomic mass is 32.2. The summed E-state index contributed by atoms with van der Waals surface area (Å²) in [6.07, 6.45) is -0.725. The molecule has 1 fully saturated rings. The standard InChI is InChI=1S/C16H20F3N4O3S/c1-27(25,26)21-8-11-3-2-6-22(9-11)15-13-7-12(16(17,18)19)4-5-14(13)23(24)10-20-15/h4-5,7,10-11,21,24H,2-3,6,8-9H2,1H3/q+1. The molecule has 0 bridgehead atoms. The van der Waals surface area contributed by atoms with E-state index in [0.29, 0.717) is 23.6 Å². The minimum atomic E-state index is -4.51. The topological polar surface area (TPSA) is 86.4 Å². The maximum atomic E-state index is 13.1. The molecule has 0 spiro atoms. The van der Waals surface area contributed by atoms with Gasteiger partial charge in [-0.05, 0) is 46.7 Å². The first kappa shape index (κ1) is 19.6. The summed E-state index contributed by atoms with van der Waals surface area (Å²) in [5, 5.41) is 10.1. The van der Waals surface area contributed by atoms with Crippen LogP contribution in [0, 0.1) is 5.92 Å². The smallest absolute Gasteiger partial charge is 0.349 e. The molecule has 148 valence electrons. The SMILES string of the molecule is CS(=O)(=O)NCC1CCCN(c2nc[n+](O)c3ccc(C(F)(F)F)cc23)C1. The van der Waals surface area contributed by atoms with Crippen molar-refractivity contribution in [1.82, 2.24) is 9.71 Å². The number of piperidine rings is 1. The second kappa shape index (κ2) is 7.12. The zero-order chi connectivity index (χ0) is 19.8. The maximum Gasteiger partial charge on any atom is 0.416 e. The summed E-state index contributed by atoms with van der Waals surface area (Å²) >= 11 is 0. The van der Waals surface area contributed by atoms with Crippen molar-refractivity contribution in [1.29, 1.82) is 0 Å². The van der Waals surface area contributed by atoms with Crippen LogP contribution in [-0.2, 0) is 16.2 Å². The lowest BCUT2D eigenvalue weighted by atomic mass is 9.98. The number of hydrogen-bond acceptors (Lipinski definition) is 5. The number of alkyl halides is 3. The molecule has 2 heterocycles. The van der Waals surface area contributed by atoms with Gasteiger partial charge in [0, 0.05) is 19.6 Å². The van der Waals surface area contributed by atoms with E-state index in [1.165, 1.54) is 6.07 Å². The number of anilines is 1. The van der Waals surface area contributed by atoms with Crippen LogP contribution < -0.4 is 14.4 Å². The minimum absolute atomic E-state index is 0.0116. The number of benzene rings is 1. The summed E-state index contributed by atoms with van der Waals surface area (Å²) in [6, 6.07) is 3.09. The third-order valence-electron chi connectivity index (χ3n) is 4.55. The van der Waals surface area contributed by atoms with Gasteiger partial charge >= 0.3 is 12.5 Å². The largest absolute Gasteiger partial charge is 0.416 e. The molecule has 1 aliphatic rings. The van der Waals surface area contributed by atoms with Crippen LogP contribution in [0.15, 0.2) is 24.5 Å². The fraction of sp³-hybridized carbons (Fsp3) is 0.500. The van der Waals surface area contributed by atoms with Gasteiger partial charge in [-0.2, -0.15) is 13.2 Å². The Morgan fingerprint density at radius 1 is 1.41 bits per heavy atom. The molecule has 1 unspecified atom stereocenters. The molecule has 1 saturated heterocycles. The highest BCUT2D eigenvalue weighted by molar-refractivity contribution is 7.88. The molecule has 27 heavy (non-hydrogen) atoms. The van der Waals surface area contributed by atoms with Gasteiger partial charge < -0.3 is 10.1 Å². The molecule has 1 atom stereocenters. The van der Waals surface area contributed by atoms with Crippen LogP contribution in [0.25, 0.3) is 10.9 Å². The molecule has 0 radical (unpaired) electrons. The van der Waals surface area contributed by atoms with E-state index in [-0.39, 0.29) is 23.4 Å². The summed E-state index contributed by atoms with van der Waals surface area (Å²) < 4.78 is 65.0. The normalized spacial score (nSPS) is 18.8. The van der Waals surface area contributed by atoms with Gasteiger partial charge in [-0.1, -0.05) is 0 Å². The average molecular weight is 405 g/mol. The molecule has 0 saturated carbocycles. The van der Waals surface area contributed by atoms with Crippen molar-refractivity contribution < 1.29 is 31.5 Å². The van der Waals surface area contributed by atoms with Crippen LogP contribution in [-0.4, -0.2) is 44.5 Å². The number of nitrogens with one attached hydrogen (secondary N) is 1. The van der Waals surface area contributed by atoms with Crippen LogP contribution >= 0.6 is 0 Å². The third kappa shape index (κ3) is 4.59. The van der Waals surface area contributed by atoms with Crippen LogP contribution in [0.3, 0.4) is 0 Å². The molecule has 2 N–H and O–H groups in total. The first-order valence-corrected chi connectivity index (χ1v) is 10.2. The number of nitrogens with zero attached hydrogens (tertiary/aromatic N) is 3. The first-order chi connectivity index (χ1) is 12.5. The quantitative estimate of drug-likeness (QED) is 0.595. The predicted octanol–water partition coefficient (Wildman–Crippen LogP) is 1.54. The Balaban J connectivity index is 1.94. The van der Waals surface area contributed by atoms with Gasteiger partial charge in [0.15, 0.2) is 5.52 Å². The van der Waals surface area contributed by atoms with E-state index in [1.54, 1.807) is 0 Å². The molecule has 1 aliphatic heterocycles. The van der Waals surface area contributed by atoms with Gasteiger partial charge in [0.2, 0.25) is 10.0 Å². The number of halogens is 3. The summed E-state index contributed by atoms with van der Waals surface area (Å²) in [7, 11) is -3.31. The highest BCUT2D eigenvalue weighted by Crippen LogP contribution is 2.34. The monoisotopic (exact) mass is 405 g/mol. The summed E-state index contributed by atoms with van der Waals surface area (Å²) in [4.78, 5) is 5.96. The van der Waals surface area contributed by atoms with Crippen LogP contribution in [0.1, 0.15) is 18.4 Å². The third-order valence-corrected chi connectivity index (χ3v) is 5.24. The lowest BCUT2D eigenvalue weighted by Crippen LogP contribution is -2.42. The van der Waals surface area contributed by atoms with E-state index in [2.05, 4.69) is 9.71 Å². The molecule has 0 amide bonds. The van der Waals surface area contributed by atoms with Gasteiger partial charge in [-0.15, -0.1) is 0 Å². The number of fused-ring (bicyclic) bond motifs is 1. The molecule has 0 aliphatic carbocycles. The van der Waals surface area contributed by atoms with Crippen molar-refractivity contribution in [3.05, 3.63) is 30.1 Å². The van der Waals surface area contributed by atoms with E-state index in [1.807, 2.05) is 4.90 Å². The second-order valence-corrected chi connectivity index (χ2v) is 8.55. The Hall–Kier alpha value is -2.14. The zero-order valence-electron chi connectivity index (χ0n) is 14.6. The van der Waals surface area contributed by atoms with Crippen molar-refractivity contribution in [2.24, 2.45) is 5.92 Å². The molecule has 11 heteroatoms. The fourth-order valence-corrected chi connectivity index (χ4v) is 3.82. The Bertz CT molecular complexity index is 950. The van der Waals surface area contributed by atoms with Crippen molar-refractivity contribution in [3.63, 3.8) is 0 Å². The number of rotatable bonds is 4. The van der Waals surface area contributed by atoms with Gasteiger partial charge in [0.1, 0.15) is 0 Å². The number of hydrogen-bond donors (Lipinski definition) is 2. The van der Waals surface area contributed by atoms with E-state index < -0.39 is 21.8 Å². The van der Waals surface area contributed by atoms with Crippen molar-refractivity contribution >= 4 is 26.7 Å². The first-order valence-electron chi connectivity index (χ1n) is 8.35. The van der Waals surface area contributed by atoms with Crippen molar-refractivity contribution in [2.45, 2.75) is 19.0 Å². The minimum Gasteiger partial charge on any atom is -0.349 e. The number of sulfonamides is 1. The van der Waals surface area contributed by atoms with E-state index >= 15 is 0 Å². The Kier molecular flexibility index (Phi) is 5.17. The van der Waals surface area contributed by atoms with Gasteiger partial charge in [-0.3, -0.25) is 0 Å². The van der Waals surface area contributed by atoms with Crippen LogP contribution in [0.4, 0.5) is 19.0 Å². The second-order valence-electron chi connectivity index (χ2n) is 6.72. The Morgan fingerprint density at radius 3 is 2.81 bits per heavy atom. The number of aromatic nitrogens is 2. The van der Waals surface area contributed by atoms with E-state index in [9.17, 15) is 26.8 Å².